The lowest BCUT2D eigenvalue weighted by atomic mass is 10.0. The fourth-order valence-corrected chi connectivity index (χ4v) is 1.42. The normalized spacial score (nSPS) is 28.8. The minimum Gasteiger partial charge on any atom is -0.326 e. The van der Waals surface area contributed by atoms with E-state index in [4.69, 9.17) is 0 Å². The van der Waals surface area contributed by atoms with Crippen LogP contribution in [0.3, 0.4) is 0 Å². The molecule has 1 unspecified atom stereocenters. The van der Waals surface area contributed by atoms with Crippen molar-refractivity contribution in [2.24, 2.45) is 0 Å². The Labute approximate surface area is 63.8 Å². The topological polar surface area (TPSA) is 29.1 Å². The molecule has 0 saturated heterocycles. The molecule has 2 aliphatic rings. The molecule has 2 nitrogen and oxygen atoms in total. The summed E-state index contributed by atoms with van der Waals surface area (Å²) in [6, 6.07) is 0. The maximum absolute atomic E-state index is 12.7. The fraction of sp³-hybridized carbons (Fsp3) is 0.375. The second-order valence-electron chi connectivity index (χ2n) is 2.82. The maximum atomic E-state index is 12.7. The first-order chi connectivity index (χ1) is 5.25. The molecule has 0 bridgehead atoms. The van der Waals surface area contributed by atoms with E-state index in [-0.39, 0.29) is 5.91 Å². The quantitative estimate of drug-likeness (QED) is 0.554. The van der Waals surface area contributed by atoms with Crippen LogP contribution in [0.4, 0.5) is 4.39 Å². The van der Waals surface area contributed by atoms with E-state index in [2.05, 4.69) is 5.32 Å². The van der Waals surface area contributed by atoms with Crippen LogP contribution >= 0.6 is 0 Å². The summed E-state index contributed by atoms with van der Waals surface area (Å²) in [5.74, 6) is -0.0197. The average molecular weight is 153 g/mol. The molecule has 1 amide bonds. The molecule has 11 heavy (non-hydrogen) atoms. The largest absolute Gasteiger partial charge is 0.326 e. The van der Waals surface area contributed by atoms with Crippen molar-refractivity contribution in [3.8, 4) is 0 Å². The summed E-state index contributed by atoms with van der Waals surface area (Å²) < 4.78 is 12.7. The summed E-state index contributed by atoms with van der Waals surface area (Å²) in [5, 5.41) is 2.66. The Bertz CT molecular complexity index is 267. The number of allylic oxidation sites excluding steroid dienone is 2. The van der Waals surface area contributed by atoms with Gasteiger partial charge < -0.3 is 5.32 Å². The molecule has 2 rings (SSSR count). The van der Waals surface area contributed by atoms with Crippen LogP contribution in [0, 0.1) is 0 Å². The van der Waals surface area contributed by atoms with E-state index in [1.54, 1.807) is 6.08 Å². The first-order valence-corrected chi connectivity index (χ1v) is 3.60. The Morgan fingerprint density at radius 3 is 3.27 bits per heavy atom. The molecule has 58 valence electrons. The highest BCUT2D eigenvalue weighted by Gasteiger charge is 2.24. The lowest BCUT2D eigenvalue weighted by Crippen LogP contribution is -2.14. The number of amides is 1. The molecule has 0 aromatic carbocycles. The number of halogens is 1. The predicted molar refractivity (Wildman–Crippen MR) is 38.4 cm³/mol. The van der Waals surface area contributed by atoms with E-state index in [9.17, 15) is 9.18 Å². The van der Waals surface area contributed by atoms with Crippen molar-refractivity contribution >= 4 is 5.91 Å². The predicted octanol–water partition coefficient (Wildman–Crippen LogP) is 1.06. The second kappa shape index (κ2) is 2.19. The molecule has 1 N–H and O–H groups in total. The van der Waals surface area contributed by atoms with Gasteiger partial charge in [0.15, 0.2) is 0 Å². The SMILES string of the molecule is O=C1CC2=C(C=CC(F)C2)N1. The van der Waals surface area contributed by atoms with Gasteiger partial charge >= 0.3 is 0 Å². The Morgan fingerprint density at radius 2 is 2.45 bits per heavy atom. The number of rotatable bonds is 0. The van der Waals surface area contributed by atoms with Crippen molar-refractivity contribution < 1.29 is 9.18 Å². The molecule has 0 fully saturated rings. The van der Waals surface area contributed by atoms with Gasteiger partial charge in [-0.25, -0.2) is 4.39 Å². The van der Waals surface area contributed by atoms with Crippen LogP contribution in [-0.4, -0.2) is 12.1 Å². The minimum atomic E-state index is -0.901. The third kappa shape index (κ3) is 1.06. The van der Waals surface area contributed by atoms with Crippen molar-refractivity contribution in [3.05, 3.63) is 23.4 Å². The lowest BCUT2D eigenvalue weighted by Gasteiger charge is -2.09. The molecule has 1 atom stereocenters. The van der Waals surface area contributed by atoms with Gasteiger partial charge in [0.05, 0.1) is 6.42 Å². The van der Waals surface area contributed by atoms with Gasteiger partial charge in [0.2, 0.25) is 5.91 Å². The van der Waals surface area contributed by atoms with Crippen molar-refractivity contribution in [1.82, 2.24) is 5.32 Å². The van der Waals surface area contributed by atoms with Crippen molar-refractivity contribution in [1.29, 1.82) is 0 Å². The zero-order valence-electron chi connectivity index (χ0n) is 5.93. The Kier molecular flexibility index (Phi) is 1.31. The first-order valence-electron chi connectivity index (χ1n) is 3.60. The Morgan fingerprint density at radius 1 is 1.64 bits per heavy atom. The highest BCUT2D eigenvalue weighted by molar-refractivity contribution is 5.85. The van der Waals surface area contributed by atoms with E-state index in [1.165, 1.54) is 6.08 Å². The van der Waals surface area contributed by atoms with Gasteiger partial charge in [0.1, 0.15) is 6.17 Å². The molecule has 0 spiro atoms. The van der Waals surface area contributed by atoms with Crippen LogP contribution in [0.15, 0.2) is 23.4 Å². The van der Waals surface area contributed by atoms with Gasteiger partial charge in [-0.05, 0) is 17.7 Å². The summed E-state index contributed by atoms with van der Waals surface area (Å²) in [5.41, 5.74) is 1.72. The van der Waals surface area contributed by atoms with Gasteiger partial charge in [-0.15, -0.1) is 0 Å². The zero-order valence-corrected chi connectivity index (χ0v) is 5.93. The summed E-state index contributed by atoms with van der Waals surface area (Å²) in [6.45, 7) is 0. The number of carbonyl (C=O) groups excluding carboxylic acids is 1. The molecular formula is C8H8FNO. The van der Waals surface area contributed by atoms with Crippen LogP contribution in [-0.2, 0) is 4.79 Å². The van der Waals surface area contributed by atoms with E-state index < -0.39 is 6.17 Å². The van der Waals surface area contributed by atoms with Gasteiger partial charge in [0, 0.05) is 12.1 Å². The second-order valence-corrected chi connectivity index (χ2v) is 2.82. The third-order valence-corrected chi connectivity index (χ3v) is 1.94. The maximum Gasteiger partial charge on any atom is 0.228 e. The molecule has 1 heterocycles. The number of hydrogen-bond acceptors (Lipinski definition) is 1. The molecular weight excluding hydrogens is 145 g/mol. The number of hydrogen-bond donors (Lipinski definition) is 1. The highest BCUT2D eigenvalue weighted by atomic mass is 19.1. The number of carbonyl (C=O) groups is 1. The molecule has 0 aromatic rings. The van der Waals surface area contributed by atoms with E-state index in [0.29, 0.717) is 12.8 Å². The Hall–Kier alpha value is -1.12. The lowest BCUT2D eigenvalue weighted by molar-refractivity contribution is -0.118. The van der Waals surface area contributed by atoms with Crippen LogP contribution in [0.25, 0.3) is 0 Å². The monoisotopic (exact) mass is 153 g/mol. The Balaban J connectivity index is 2.24. The fourth-order valence-electron chi connectivity index (χ4n) is 1.42. The average Bonchev–Trinajstić information content (AvgIpc) is 2.27. The molecule has 0 aromatic heterocycles. The minimum absolute atomic E-state index is 0.0197. The van der Waals surface area contributed by atoms with E-state index in [0.717, 1.165) is 11.3 Å². The van der Waals surface area contributed by atoms with Crippen LogP contribution in [0.5, 0.6) is 0 Å². The van der Waals surface area contributed by atoms with Crippen LogP contribution in [0.1, 0.15) is 12.8 Å². The zero-order chi connectivity index (χ0) is 7.84. The van der Waals surface area contributed by atoms with Crippen molar-refractivity contribution in [2.75, 3.05) is 0 Å². The number of alkyl halides is 1. The molecule has 0 radical (unpaired) electrons. The van der Waals surface area contributed by atoms with E-state index in [1.807, 2.05) is 0 Å². The summed E-state index contributed by atoms with van der Waals surface area (Å²) in [7, 11) is 0. The highest BCUT2D eigenvalue weighted by Crippen LogP contribution is 2.26. The van der Waals surface area contributed by atoms with Gasteiger partial charge in [0.25, 0.3) is 0 Å². The molecule has 3 heteroatoms. The van der Waals surface area contributed by atoms with Crippen molar-refractivity contribution in [3.63, 3.8) is 0 Å². The van der Waals surface area contributed by atoms with Gasteiger partial charge in [-0.3, -0.25) is 4.79 Å². The van der Waals surface area contributed by atoms with Gasteiger partial charge in [-0.2, -0.15) is 0 Å². The molecule has 0 saturated carbocycles. The standard InChI is InChI=1S/C8H8FNO/c9-6-1-2-7-5(3-6)4-8(11)10-7/h1-2,6H,3-4H2,(H,10,11). The van der Waals surface area contributed by atoms with E-state index >= 15 is 0 Å². The van der Waals surface area contributed by atoms with Gasteiger partial charge in [-0.1, -0.05) is 0 Å². The van der Waals surface area contributed by atoms with Crippen molar-refractivity contribution in [2.45, 2.75) is 19.0 Å². The van der Waals surface area contributed by atoms with Crippen LogP contribution < -0.4 is 5.32 Å². The first kappa shape index (κ1) is 6.58. The smallest absolute Gasteiger partial charge is 0.228 e. The molecule has 1 aliphatic carbocycles. The third-order valence-electron chi connectivity index (χ3n) is 1.94. The van der Waals surface area contributed by atoms with Crippen LogP contribution in [0.2, 0.25) is 0 Å². The summed E-state index contributed by atoms with van der Waals surface area (Å²) >= 11 is 0. The summed E-state index contributed by atoms with van der Waals surface area (Å²) in [4.78, 5) is 10.8. The summed E-state index contributed by atoms with van der Waals surface area (Å²) in [6.07, 6.45) is 2.98. The molecule has 1 aliphatic heterocycles. The number of nitrogens with one attached hydrogen (secondary N) is 1.